The summed E-state index contributed by atoms with van der Waals surface area (Å²) in [4.78, 5) is 26.1. The number of carbonyl (C=O) groups is 2. The van der Waals surface area contributed by atoms with Crippen molar-refractivity contribution in [1.29, 1.82) is 0 Å². The van der Waals surface area contributed by atoms with Gasteiger partial charge < -0.3 is 10.1 Å². The molecule has 2 rings (SSSR count). The average Bonchev–Trinajstić information content (AvgIpc) is 2.55. The van der Waals surface area contributed by atoms with Gasteiger partial charge in [-0.25, -0.2) is 14.5 Å². The molecule has 2 aromatic rings. The summed E-state index contributed by atoms with van der Waals surface area (Å²) in [7, 11) is 0. The number of carbonyl (C=O) groups excluding carboxylic acids is 2. The molecule has 0 saturated carbocycles. The summed E-state index contributed by atoms with van der Waals surface area (Å²) in [5.41, 5.74) is 0.999. The van der Waals surface area contributed by atoms with E-state index in [1.807, 2.05) is 48.5 Å². The second kappa shape index (κ2) is 8.33. The first-order valence-corrected chi connectivity index (χ1v) is 8.25. The van der Waals surface area contributed by atoms with Crippen LogP contribution in [0.5, 0.6) is 0 Å². The Bertz CT molecular complexity index is 694. The molecular weight excluding hydrogens is 316 g/mol. The van der Waals surface area contributed by atoms with Gasteiger partial charge in [0.25, 0.3) is 0 Å². The molecule has 0 aromatic heterocycles. The zero-order valence-electron chi connectivity index (χ0n) is 14.9. The highest BCUT2D eigenvalue weighted by atomic mass is 16.6. The van der Waals surface area contributed by atoms with Crippen molar-refractivity contribution < 1.29 is 14.3 Å². The third-order valence-electron chi connectivity index (χ3n) is 3.35. The fraction of sp³-hybridized carbons (Fsp3) is 0.300. The van der Waals surface area contributed by atoms with Crippen LogP contribution < -0.4 is 5.32 Å². The number of urea groups is 1. The second-order valence-corrected chi connectivity index (χ2v) is 6.66. The first-order valence-electron chi connectivity index (χ1n) is 8.25. The lowest BCUT2D eigenvalue weighted by atomic mass is 10.1. The first-order chi connectivity index (χ1) is 11.8. The van der Waals surface area contributed by atoms with Crippen LogP contribution in [0.25, 0.3) is 0 Å². The minimum Gasteiger partial charge on any atom is -0.443 e. The van der Waals surface area contributed by atoms with Gasteiger partial charge in [0.05, 0.1) is 0 Å². The van der Waals surface area contributed by atoms with E-state index in [2.05, 4.69) is 5.32 Å². The molecular formula is C20H24N2O3. The third-order valence-corrected chi connectivity index (χ3v) is 3.35. The molecule has 132 valence electrons. The molecule has 0 fully saturated rings. The van der Waals surface area contributed by atoms with Gasteiger partial charge in [-0.2, -0.15) is 0 Å². The normalized spacial score (nSPS) is 10.8. The lowest BCUT2D eigenvalue weighted by molar-refractivity contribution is 0.0334. The van der Waals surface area contributed by atoms with Crippen LogP contribution in [-0.2, 0) is 11.2 Å². The number of imide groups is 1. The summed E-state index contributed by atoms with van der Waals surface area (Å²) in [6.07, 6.45) is -0.0979. The van der Waals surface area contributed by atoms with E-state index in [1.165, 1.54) is 0 Å². The predicted octanol–water partition coefficient (Wildman–Crippen LogP) is 4.70. The predicted molar refractivity (Wildman–Crippen MR) is 98.5 cm³/mol. The topological polar surface area (TPSA) is 58.6 Å². The Morgan fingerprint density at radius 1 is 0.960 bits per heavy atom. The van der Waals surface area contributed by atoms with Crippen LogP contribution in [0.4, 0.5) is 15.3 Å². The molecule has 0 saturated heterocycles. The van der Waals surface area contributed by atoms with Crippen molar-refractivity contribution >= 4 is 17.8 Å². The van der Waals surface area contributed by atoms with Crippen LogP contribution in [0.2, 0.25) is 0 Å². The number of para-hydroxylation sites is 1. The molecule has 3 amide bonds. The molecule has 0 spiro atoms. The lowest BCUT2D eigenvalue weighted by Gasteiger charge is -2.26. The molecule has 5 heteroatoms. The molecule has 0 radical (unpaired) electrons. The molecule has 1 N–H and O–H groups in total. The zero-order chi connectivity index (χ0) is 18.3. The van der Waals surface area contributed by atoms with Crippen LogP contribution in [0, 0.1) is 0 Å². The molecule has 0 aliphatic rings. The number of anilines is 1. The Morgan fingerprint density at radius 2 is 1.52 bits per heavy atom. The van der Waals surface area contributed by atoms with E-state index < -0.39 is 17.7 Å². The van der Waals surface area contributed by atoms with E-state index in [0.717, 1.165) is 10.5 Å². The highest BCUT2D eigenvalue weighted by Gasteiger charge is 2.27. The summed E-state index contributed by atoms with van der Waals surface area (Å²) in [6.45, 7) is 5.55. The Morgan fingerprint density at radius 3 is 2.08 bits per heavy atom. The maximum Gasteiger partial charge on any atom is 0.418 e. The maximum atomic E-state index is 12.6. The summed E-state index contributed by atoms with van der Waals surface area (Å²) in [5, 5.41) is 2.73. The monoisotopic (exact) mass is 340 g/mol. The maximum absolute atomic E-state index is 12.6. The summed E-state index contributed by atoms with van der Waals surface area (Å²) >= 11 is 0. The van der Waals surface area contributed by atoms with E-state index >= 15 is 0 Å². The highest BCUT2D eigenvalue weighted by molar-refractivity contribution is 5.99. The van der Waals surface area contributed by atoms with Gasteiger partial charge in [0, 0.05) is 12.2 Å². The number of nitrogens with one attached hydrogen (secondary N) is 1. The van der Waals surface area contributed by atoms with Crippen molar-refractivity contribution in [1.82, 2.24) is 4.90 Å². The number of hydrogen-bond donors (Lipinski definition) is 1. The summed E-state index contributed by atoms with van der Waals surface area (Å²) in [6, 6.07) is 18.2. The van der Waals surface area contributed by atoms with Crippen LogP contribution in [0.1, 0.15) is 26.3 Å². The molecule has 2 aromatic carbocycles. The van der Waals surface area contributed by atoms with Gasteiger partial charge in [-0.05, 0) is 44.9 Å². The minimum atomic E-state index is -0.672. The van der Waals surface area contributed by atoms with Gasteiger partial charge in [0.1, 0.15) is 5.60 Å². The van der Waals surface area contributed by atoms with Crippen LogP contribution >= 0.6 is 0 Å². The average molecular weight is 340 g/mol. The first kappa shape index (κ1) is 18.5. The van der Waals surface area contributed by atoms with Crippen molar-refractivity contribution in [3.05, 3.63) is 66.2 Å². The van der Waals surface area contributed by atoms with Crippen molar-refractivity contribution in [3.63, 3.8) is 0 Å². The van der Waals surface area contributed by atoms with Gasteiger partial charge in [-0.3, -0.25) is 0 Å². The number of amides is 3. The Kier molecular flexibility index (Phi) is 6.17. The number of rotatable bonds is 4. The van der Waals surface area contributed by atoms with E-state index in [4.69, 9.17) is 4.74 Å². The van der Waals surface area contributed by atoms with Crippen LogP contribution in [0.3, 0.4) is 0 Å². The molecule has 0 aliphatic heterocycles. The Hall–Kier alpha value is -2.82. The lowest BCUT2D eigenvalue weighted by Crippen LogP contribution is -2.44. The van der Waals surface area contributed by atoms with Gasteiger partial charge in [0.15, 0.2) is 0 Å². The molecule has 0 heterocycles. The van der Waals surface area contributed by atoms with Gasteiger partial charge in [0.2, 0.25) is 0 Å². The van der Waals surface area contributed by atoms with Crippen LogP contribution in [0.15, 0.2) is 60.7 Å². The molecule has 5 nitrogen and oxygen atoms in total. The minimum absolute atomic E-state index is 0.234. The van der Waals surface area contributed by atoms with E-state index in [0.29, 0.717) is 12.1 Å². The van der Waals surface area contributed by atoms with Crippen molar-refractivity contribution in [2.45, 2.75) is 32.8 Å². The highest BCUT2D eigenvalue weighted by Crippen LogP contribution is 2.13. The largest absolute Gasteiger partial charge is 0.443 e. The fourth-order valence-electron chi connectivity index (χ4n) is 2.19. The van der Waals surface area contributed by atoms with Gasteiger partial charge in [-0.15, -0.1) is 0 Å². The van der Waals surface area contributed by atoms with Crippen molar-refractivity contribution in [3.8, 4) is 0 Å². The molecule has 0 aliphatic carbocycles. The zero-order valence-corrected chi connectivity index (χ0v) is 14.9. The Balaban J connectivity index is 2.10. The van der Waals surface area contributed by atoms with E-state index in [1.54, 1.807) is 32.9 Å². The Labute approximate surface area is 148 Å². The van der Waals surface area contributed by atoms with Crippen molar-refractivity contribution in [2.24, 2.45) is 0 Å². The molecule has 25 heavy (non-hydrogen) atoms. The van der Waals surface area contributed by atoms with Crippen LogP contribution in [-0.4, -0.2) is 29.2 Å². The number of ether oxygens (including phenoxy) is 1. The summed E-state index contributed by atoms with van der Waals surface area (Å²) < 4.78 is 5.37. The van der Waals surface area contributed by atoms with Crippen molar-refractivity contribution in [2.75, 3.05) is 11.9 Å². The molecule has 0 unspecified atom stereocenters. The van der Waals surface area contributed by atoms with Gasteiger partial charge >= 0.3 is 12.1 Å². The van der Waals surface area contributed by atoms with E-state index in [-0.39, 0.29) is 6.54 Å². The quantitative estimate of drug-likeness (QED) is 0.878. The number of benzene rings is 2. The standard InChI is InChI=1S/C20H24N2O3/c1-20(2,3)25-19(24)22(15-14-16-10-6-4-7-11-16)18(23)21-17-12-8-5-9-13-17/h4-13H,14-15H2,1-3H3,(H,21,23). The number of nitrogens with zero attached hydrogens (tertiary/aromatic N) is 1. The third kappa shape index (κ3) is 6.30. The molecule has 0 bridgehead atoms. The molecule has 0 atom stereocenters. The van der Waals surface area contributed by atoms with E-state index in [9.17, 15) is 9.59 Å². The number of hydrogen-bond acceptors (Lipinski definition) is 3. The smallest absolute Gasteiger partial charge is 0.418 e. The van der Waals surface area contributed by atoms with Gasteiger partial charge in [-0.1, -0.05) is 48.5 Å². The second-order valence-electron chi connectivity index (χ2n) is 6.66. The summed E-state index contributed by atoms with van der Waals surface area (Å²) in [5.74, 6) is 0. The fourth-order valence-corrected chi connectivity index (χ4v) is 2.19. The SMILES string of the molecule is CC(C)(C)OC(=O)N(CCc1ccccc1)C(=O)Nc1ccccc1.